The van der Waals surface area contributed by atoms with Crippen molar-refractivity contribution >= 4 is 34.6 Å². The fourth-order valence-electron chi connectivity index (χ4n) is 4.05. The number of fused-ring (bicyclic) bond motifs is 1. The van der Waals surface area contributed by atoms with E-state index < -0.39 is 24.7 Å². The van der Waals surface area contributed by atoms with Crippen LogP contribution in [0.4, 0.5) is 35.2 Å². The van der Waals surface area contributed by atoms with E-state index in [4.69, 9.17) is 10.5 Å². The lowest BCUT2D eigenvalue weighted by Crippen LogP contribution is -2.33. The number of nitrogens with two attached hydrogens (primary N) is 1. The molecular formula is C28H22F3N7O3. The smallest absolute Gasteiger partial charge is 0.405 e. The maximum atomic E-state index is 12.7. The number of anilines is 3. The quantitative estimate of drug-likeness (QED) is 0.201. The first kappa shape index (κ1) is 27.0. The number of benzene rings is 3. The highest BCUT2D eigenvalue weighted by Crippen LogP contribution is 2.33. The molecule has 0 bridgehead atoms. The van der Waals surface area contributed by atoms with E-state index in [0.29, 0.717) is 28.4 Å². The highest BCUT2D eigenvalue weighted by molar-refractivity contribution is 6.07. The van der Waals surface area contributed by atoms with Crippen molar-refractivity contribution < 1.29 is 27.5 Å². The van der Waals surface area contributed by atoms with Crippen LogP contribution in [0, 0.1) is 0 Å². The summed E-state index contributed by atoms with van der Waals surface area (Å²) >= 11 is 0. The number of hydrogen-bond donors (Lipinski definition) is 4. The molecule has 5 aromatic rings. The van der Waals surface area contributed by atoms with Gasteiger partial charge in [0, 0.05) is 29.2 Å². The van der Waals surface area contributed by atoms with Crippen molar-refractivity contribution in [1.29, 1.82) is 0 Å². The number of hydrogen-bond acceptors (Lipinski definition) is 6. The summed E-state index contributed by atoms with van der Waals surface area (Å²) in [6.45, 7) is -1.50. The molecule has 0 saturated carbocycles. The minimum absolute atomic E-state index is 0.0323. The Morgan fingerprint density at radius 2 is 1.61 bits per heavy atom. The molecule has 208 valence electrons. The highest BCUT2D eigenvalue weighted by atomic mass is 19.4. The van der Waals surface area contributed by atoms with Gasteiger partial charge in [-0.25, -0.2) is 14.3 Å². The number of rotatable bonds is 7. The number of nitrogens with zero attached hydrogens (tertiary/aromatic N) is 3. The molecule has 10 nitrogen and oxygen atoms in total. The molecule has 0 fully saturated rings. The molecule has 0 aliphatic rings. The van der Waals surface area contributed by atoms with Crippen molar-refractivity contribution in [2.45, 2.75) is 6.18 Å². The van der Waals surface area contributed by atoms with Crippen LogP contribution >= 0.6 is 0 Å². The van der Waals surface area contributed by atoms with Gasteiger partial charge in [0.25, 0.3) is 5.91 Å². The number of urea groups is 1. The molecule has 2 aromatic heterocycles. The van der Waals surface area contributed by atoms with Gasteiger partial charge >= 0.3 is 12.2 Å². The van der Waals surface area contributed by atoms with E-state index in [1.807, 2.05) is 35.6 Å². The SMILES string of the molecule is Nc1ncnn2cc(C(=O)NCC(F)(F)F)c(-c3ccc(NC(=O)Nc4cccc(Oc5ccccc5)c4)cc3)c12. The standard InChI is InChI=1S/C28H22F3N7O3/c29-28(30,31)15-33-26(39)22-14-38-24(25(32)34-16-35-38)23(22)17-9-11-18(12-10-17)36-27(40)37-19-5-4-8-21(13-19)41-20-6-2-1-3-7-20/h1-14,16H,15H2,(H,33,39)(H2,32,34,35)(H2,36,37,40). The maximum Gasteiger partial charge on any atom is 0.405 e. The number of carbonyl (C=O) groups is 2. The zero-order valence-electron chi connectivity index (χ0n) is 21.1. The number of nitrogens with one attached hydrogen (secondary N) is 3. The fraction of sp³-hybridized carbons (Fsp3) is 0.0714. The molecule has 13 heteroatoms. The van der Waals surface area contributed by atoms with Crippen molar-refractivity contribution in [1.82, 2.24) is 19.9 Å². The average Bonchev–Trinajstić information content (AvgIpc) is 3.34. The van der Waals surface area contributed by atoms with Crippen LogP contribution in [0.3, 0.4) is 0 Å². The van der Waals surface area contributed by atoms with Gasteiger partial charge in [0.1, 0.15) is 29.9 Å². The van der Waals surface area contributed by atoms with E-state index in [0.717, 1.165) is 0 Å². The van der Waals surface area contributed by atoms with Crippen LogP contribution in [0.5, 0.6) is 11.5 Å². The fourth-order valence-corrected chi connectivity index (χ4v) is 4.05. The van der Waals surface area contributed by atoms with Gasteiger partial charge in [-0.3, -0.25) is 4.79 Å². The van der Waals surface area contributed by atoms with Gasteiger partial charge in [-0.2, -0.15) is 18.3 Å². The van der Waals surface area contributed by atoms with Crippen LogP contribution in [0.2, 0.25) is 0 Å². The van der Waals surface area contributed by atoms with Crippen molar-refractivity contribution in [3.63, 3.8) is 0 Å². The van der Waals surface area contributed by atoms with Gasteiger partial charge in [0.2, 0.25) is 0 Å². The molecule has 0 saturated heterocycles. The first-order valence-corrected chi connectivity index (χ1v) is 12.1. The molecule has 3 aromatic carbocycles. The van der Waals surface area contributed by atoms with Gasteiger partial charge < -0.3 is 26.4 Å². The molecule has 0 spiro atoms. The van der Waals surface area contributed by atoms with Crippen molar-refractivity contribution in [2.24, 2.45) is 0 Å². The van der Waals surface area contributed by atoms with Crippen molar-refractivity contribution in [3.05, 3.63) is 97.0 Å². The second-order valence-corrected chi connectivity index (χ2v) is 8.75. The number of nitrogen functional groups attached to an aromatic ring is 1. The predicted molar refractivity (Wildman–Crippen MR) is 147 cm³/mol. The average molecular weight is 562 g/mol. The predicted octanol–water partition coefficient (Wildman–Crippen LogP) is 5.71. The zero-order chi connectivity index (χ0) is 29.0. The topological polar surface area (TPSA) is 136 Å². The van der Waals surface area contributed by atoms with Crippen molar-refractivity contribution in [3.8, 4) is 22.6 Å². The Hall–Kier alpha value is -5.59. The van der Waals surface area contributed by atoms with E-state index >= 15 is 0 Å². The number of amides is 3. The second-order valence-electron chi connectivity index (χ2n) is 8.75. The number of alkyl halides is 3. The Morgan fingerprint density at radius 1 is 0.902 bits per heavy atom. The molecule has 3 amide bonds. The zero-order valence-corrected chi connectivity index (χ0v) is 21.1. The van der Waals surface area contributed by atoms with E-state index in [2.05, 4.69) is 20.7 Å². The molecule has 0 atom stereocenters. The van der Waals surface area contributed by atoms with Gasteiger partial charge in [-0.15, -0.1) is 0 Å². The second kappa shape index (κ2) is 11.3. The maximum absolute atomic E-state index is 12.7. The lowest BCUT2D eigenvalue weighted by atomic mass is 10.0. The lowest BCUT2D eigenvalue weighted by Gasteiger charge is -2.11. The van der Waals surface area contributed by atoms with E-state index in [1.165, 1.54) is 17.0 Å². The summed E-state index contributed by atoms with van der Waals surface area (Å²) in [4.78, 5) is 29.3. The molecule has 5 N–H and O–H groups in total. The van der Waals surface area contributed by atoms with Gasteiger partial charge in [-0.1, -0.05) is 36.4 Å². The van der Waals surface area contributed by atoms with Crippen LogP contribution in [0.25, 0.3) is 16.6 Å². The molecule has 5 rings (SSSR count). The third-order valence-corrected chi connectivity index (χ3v) is 5.80. The Morgan fingerprint density at radius 3 is 2.34 bits per heavy atom. The lowest BCUT2D eigenvalue weighted by molar-refractivity contribution is -0.123. The minimum atomic E-state index is -4.59. The largest absolute Gasteiger partial charge is 0.457 e. The molecule has 0 aliphatic heterocycles. The summed E-state index contributed by atoms with van der Waals surface area (Å²) in [6, 6.07) is 21.9. The summed E-state index contributed by atoms with van der Waals surface area (Å²) < 4.78 is 45.2. The van der Waals surface area contributed by atoms with Gasteiger partial charge in [-0.05, 0) is 42.0 Å². The number of para-hydroxylation sites is 1. The number of aromatic nitrogens is 3. The van der Waals surface area contributed by atoms with Crippen LogP contribution < -0.4 is 26.4 Å². The Bertz CT molecular complexity index is 1710. The van der Waals surface area contributed by atoms with E-state index in [-0.39, 0.29) is 22.5 Å². The highest BCUT2D eigenvalue weighted by Gasteiger charge is 2.29. The summed E-state index contributed by atoms with van der Waals surface area (Å²) in [7, 11) is 0. The molecule has 0 radical (unpaired) electrons. The molecule has 0 unspecified atom stereocenters. The van der Waals surface area contributed by atoms with Crippen LogP contribution in [-0.4, -0.2) is 39.3 Å². The summed E-state index contributed by atoms with van der Waals surface area (Å²) in [5.41, 5.74) is 7.80. The number of ether oxygens (including phenoxy) is 1. The summed E-state index contributed by atoms with van der Waals surface area (Å²) in [5.74, 6) is 0.267. The Kier molecular flexibility index (Phi) is 7.41. The first-order valence-electron chi connectivity index (χ1n) is 12.1. The molecule has 0 aliphatic carbocycles. The molecule has 41 heavy (non-hydrogen) atoms. The monoisotopic (exact) mass is 561 g/mol. The third kappa shape index (κ3) is 6.53. The van der Waals surface area contributed by atoms with Crippen LogP contribution in [-0.2, 0) is 0 Å². The van der Waals surface area contributed by atoms with Crippen LogP contribution in [0.1, 0.15) is 10.4 Å². The Balaban J connectivity index is 1.32. The van der Waals surface area contributed by atoms with Gasteiger partial charge in [0.15, 0.2) is 5.82 Å². The van der Waals surface area contributed by atoms with E-state index in [9.17, 15) is 22.8 Å². The number of carbonyl (C=O) groups excluding carboxylic acids is 2. The third-order valence-electron chi connectivity index (χ3n) is 5.80. The molecular weight excluding hydrogens is 539 g/mol. The number of halogens is 3. The van der Waals surface area contributed by atoms with E-state index in [1.54, 1.807) is 48.5 Å². The van der Waals surface area contributed by atoms with Gasteiger partial charge in [0.05, 0.1) is 5.56 Å². The Labute approximate surface area is 231 Å². The normalized spacial score (nSPS) is 11.2. The summed E-state index contributed by atoms with van der Waals surface area (Å²) in [6.07, 6.45) is -2.14. The first-order chi connectivity index (χ1) is 19.7. The van der Waals surface area contributed by atoms with Crippen LogP contribution in [0.15, 0.2) is 91.4 Å². The molecule has 2 heterocycles. The minimum Gasteiger partial charge on any atom is -0.457 e. The summed E-state index contributed by atoms with van der Waals surface area (Å²) in [5, 5.41) is 11.3. The van der Waals surface area contributed by atoms with Crippen molar-refractivity contribution in [2.75, 3.05) is 22.9 Å².